The van der Waals surface area contributed by atoms with Crippen LogP contribution in [0, 0.1) is 0 Å². The number of amides is 1. The minimum absolute atomic E-state index is 0.0332. The van der Waals surface area contributed by atoms with Gasteiger partial charge in [-0.15, -0.1) is 0 Å². The number of rotatable bonds is 11. The van der Waals surface area contributed by atoms with Crippen LogP contribution < -0.4 is 10.0 Å². The summed E-state index contributed by atoms with van der Waals surface area (Å²) in [5.74, 6) is -0.0332. The third-order valence-electron chi connectivity index (χ3n) is 5.04. The molecule has 7 heteroatoms. The molecule has 1 rings (SSSR count). The Morgan fingerprint density at radius 3 is 2.59 bits per heavy atom. The fourth-order valence-corrected chi connectivity index (χ4v) is 3.80. The fourth-order valence-electron chi connectivity index (χ4n) is 3.13. The lowest BCUT2D eigenvalue weighted by molar-refractivity contribution is -0.120. The first-order valence-corrected chi connectivity index (χ1v) is 11.7. The van der Waals surface area contributed by atoms with Gasteiger partial charge >= 0.3 is 0 Å². The summed E-state index contributed by atoms with van der Waals surface area (Å²) >= 11 is 0. The summed E-state index contributed by atoms with van der Waals surface area (Å²) in [6.07, 6.45) is 7.92. The maximum Gasteiger partial charge on any atom is 0.224 e. The van der Waals surface area contributed by atoms with Crippen LogP contribution in [0.25, 0.3) is 0 Å². The molecule has 29 heavy (non-hydrogen) atoms. The molecule has 4 atom stereocenters. The van der Waals surface area contributed by atoms with E-state index in [9.17, 15) is 9.00 Å². The zero-order valence-electron chi connectivity index (χ0n) is 18.9. The highest BCUT2D eigenvalue weighted by Gasteiger charge is 2.29. The molecular formula is C22H39N3O3S. The highest BCUT2D eigenvalue weighted by Crippen LogP contribution is 2.22. The van der Waals surface area contributed by atoms with Crippen molar-refractivity contribution in [2.24, 2.45) is 0 Å². The second kappa shape index (κ2) is 13.0. The first-order chi connectivity index (χ1) is 13.6. The summed E-state index contributed by atoms with van der Waals surface area (Å²) in [6.45, 7) is 17.6. The molecule has 166 valence electrons. The number of allylic oxidation sites excluding steroid dienone is 4. The van der Waals surface area contributed by atoms with E-state index in [1.54, 1.807) is 6.08 Å². The lowest BCUT2D eigenvalue weighted by Gasteiger charge is -2.43. The second-order valence-corrected chi connectivity index (χ2v) is 9.75. The van der Waals surface area contributed by atoms with Crippen LogP contribution in [0.1, 0.15) is 60.8 Å². The van der Waals surface area contributed by atoms with E-state index < -0.39 is 11.0 Å². The molecule has 1 fully saturated rings. The summed E-state index contributed by atoms with van der Waals surface area (Å²) in [4.78, 5) is 14.5. The Bertz CT molecular complexity index is 631. The molecule has 0 aromatic carbocycles. The third kappa shape index (κ3) is 9.28. The number of carbonyl (C=O) groups excluding carboxylic acids is 1. The number of carbonyl (C=O) groups is 1. The van der Waals surface area contributed by atoms with Crippen molar-refractivity contribution in [1.82, 2.24) is 14.9 Å². The normalized spacial score (nSPS) is 24.5. The van der Waals surface area contributed by atoms with Crippen molar-refractivity contribution < 1.29 is 13.7 Å². The first-order valence-electron chi connectivity index (χ1n) is 10.5. The molecule has 1 aliphatic heterocycles. The average molecular weight is 426 g/mol. The van der Waals surface area contributed by atoms with Gasteiger partial charge in [0.05, 0.1) is 29.2 Å². The number of morpholine rings is 1. The standard InChI is InChI=1S/C22H39N3O3S/c1-8-21(24-22(26)11-9-10-14-23-29(27)16(2)3)13-12-17(4)25-15-18(5)28-20(7)19(25)6/h8,12-13,16,18-20,23H,1,9-11,14-15H2,2-7H3,(H,24,26)/b17-12+,21-13+/t18-,19?,20+,29?/m0/s1. The smallest absolute Gasteiger partial charge is 0.224 e. The Morgan fingerprint density at radius 1 is 1.28 bits per heavy atom. The van der Waals surface area contributed by atoms with Gasteiger partial charge in [-0.3, -0.25) is 4.79 Å². The summed E-state index contributed by atoms with van der Waals surface area (Å²) in [6, 6.07) is 0.302. The number of hydrogen-bond acceptors (Lipinski definition) is 4. The highest BCUT2D eigenvalue weighted by atomic mass is 32.2. The molecule has 0 radical (unpaired) electrons. The van der Waals surface area contributed by atoms with Crippen molar-refractivity contribution in [1.29, 1.82) is 0 Å². The van der Waals surface area contributed by atoms with Crippen molar-refractivity contribution in [3.05, 3.63) is 36.2 Å². The SMILES string of the molecule is C=C/C(=C\C=C(/C)N1C[C@H](C)O[C@H](C)C1C)NC(=O)CCCCNS(=O)C(C)C. The Labute approximate surface area is 179 Å². The van der Waals surface area contributed by atoms with Gasteiger partial charge in [-0.05, 0) is 72.6 Å². The number of unbranched alkanes of at least 4 members (excludes halogenated alkanes) is 1. The highest BCUT2D eigenvalue weighted by molar-refractivity contribution is 7.83. The number of ether oxygens (including phenoxy) is 1. The topological polar surface area (TPSA) is 70.7 Å². The summed E-state index contributed by atoms with van der Waals surface area (Å²) in [7, 11) is -1.00. The van der Waals surface area contributed by atoms with Gasteiger partial charge < -0.3 is 15.0 Å². The number of nitrogens with zero attached hydrogens (tertiary/aromatic N) is 1. The van der Waals surface area contributed by atoms with E-state index >= 15 is 0 Å². The van der Waals surface area contributed by atoms with Gasteiger partial charge in [-0.25, -0.2) is 8.93 Å². The second-order valence-electron chi connectivity index (χ2n) is 7.92. The Balaban J connectivity index is 2.49. The van der Waals surface area contributed by atoms with Crippen molar-refractivity contribution in [2.75, 3.05) is 13.1 Å². The quantitative estimate of drug-likeness (QED) is 0.393. The van der Waals surface area contributed by atoms with Crippen LogP contribution in [0.15, 0.2) is 36.2 Å². The van der Waals surface area contributed by atoms with E-state index in [1.165, 1.54) is 0 Å². The summed E-state index contributed by atoms with van der Waals surface area (Å²) in [5.41, 5.74) is 1.83. The minimum atomic E-state index is -1.00. The molecule has 6 nitrogen and oxygen atoms in total. The van der Waals surface area contributed by atoms with Crippen LogP contribution in [-0.2, 0) is 20.5 Å². The molecule has 1 aliphatic rings. The number of nitrogens with one attached hydrogen (secondary N) is 2. The lowest BCUT2D eigenvalue weighted by atomic mass is 10.1. The molecule has 0 saturated carbocycles. The first kappa shape index (κ1) is 25.6. The van der Waals surface area contributed by atoms with E-state index in [0.717, 1.165) is 25.1 Å². The lowest BCUT2D eigenvalue weighted by Crippen LogP contribution is -2.50. The van der Waals surface area contributed by atoms with Crippen LogP contribution in [-0.4, -0.2) is 51.6 Å². The van der Waals surface area contributed by atoms with Crippen LogP contribution in [0.5, 0.6) is 0 Å². The van der Waals surface area contributed by atoms with Crippen molar-refractivity contribution >= 4 is 16.9 Å². The van der Waals surface area contributed by atoms with Gasteiger partial charge in [0.15, 0.2) is 0 Å². The van der Waals surface area contributed by atoms with Crippen molar-refractivity contribution in [3.63, 3.8) is 0 Å². The zero-order chi connectivity index (χ0) is 22.0. The molecule has 0 aromatic rings. The molecule has 0 aliphatic carbocycles. The van der Waals surface area contributed by atoms with Crippen LogP contribution >= 0.6 is 0 Å². The summed E-state index contributed by atoms with van der Waals surface area (Å²) in [5, 5.41) is 3.01. The fraction of sp³-hybridized carbons (Fsp3) is 0.682. The van der Waals surface area contributed by atoms with Gasteiger partial charge in [0.2, 0.25) is 5.91 Å². The maximum absolute atomic E-state index is 12.2. The zero-order valence-corrected chi connectivity index (χ0v) is 19.7. The van der Waals surface area contributed by atoms with Crippen LogP contribution in [0.3, 0.4) is 0 Å². The Kier molecular flexibility index (Phi) is 11.5. The largest absolute Gasteiger partial charge is 0.372 e. The molecule has 0 spiro atoms. The van der Waals surface area contributed by atoms with E-state index in [0.29, 0.717) is 24.7 Å². The molecule has 0 aromatic heterocycles. The van der Waals surface area contributed by atoms with E-state index in [1.807, 2.05) is 26.0 Å². The maximum atomic E-state index is 12.2. The number of hydrogen-bond donors (Lipinski definition) is 2. The predicted octanol–water partition coefficient (Wildman–Crippen LogP) is 3.41. The monoisotopic (exact) mass is 425 g/mol. The third-order valence-corrected chi connectivity index (χ3v) is 6.38. The van der Waals surface area contributed by atoms with Crippen LogP contribution in [0.4, 0.5) is 0 Å². The van der Waals surface area contributed by atoms with Crippen molar-refractivity contribution in [2.45, 2.75) is 84.3 Å². The predicted molar refractivity (Wildman–Crippen MR) is 121 cm³/mol. The van der Waals surface area contributed by atoms with E-state index in [-0.39, 0.29) is 23.4 Å². The van der Waals surface area contributed by atoms with Gasteiger partial charge in [0.25, 0.3) is 0 Å². The molecule has 1 amide bonds. The minimum Gasteiger partial charge on any atom is -0.372 e. The van der Waals surface area contributed by atoms with Gasteiger partial charge in [-0.1, -0.05) is 6.58 Å². The molecule has 1 saturated heterocycles. The van der Waals surface area contributed by atoms with Gasteiger partial charge in [0.1, 0.15) is 0 Å². The van der Waals surface area contributed by atoms with Crippen molar-refractivity contribution in [3.8, 4) is 0 Å². The van der Waals surface area contributed by atoms with E-state index in [4.69, 9.17) is 4.74 Å². The molecule has 0 bridgehead atoms. The molecule has 2 N–H and O–H groups in total. The molecular weight excluding hydrogens is 386 g/mol. The van der Waals surface area contributed by atoms with Gasteiger partial charge in [-0.2, -0.15) is 0 Å². The Morgan fingerprint density at radius 2 is 1.97 bits per heavy atom. The van der Waals surface area contributed by atoms with Gasteiger partial charge in [0, 0.05) is 36.2 Å². The molecule has 1 heterocycles. The summed E-state index contributed by atoms with van der Waals surface area (Å²) < 4.78 is 20.5. The van der Waals surface area contributed by atoms with Crippen LogP contribution in [0.2, 0.25) is 0 Å². The van der Waals surface area contributed by atoms with E-state index in [2.05, 4.69) is 49.2 Å². The average Bonchev–Trinajstić information content (AvgIpc) is 2.66. The Hall–Kier alpha value is -1.44. The molecule has 2 unspecified atom stereocenters.